The van der Waals surface area contributed by atoms with Crippen molar-refractivity contribution < 1.29 is 9.57 Å². The Labute approximate surface area is 148 Å². The van der Waals surface area contributed by atoms with Gasteiger partial charge in [-0.15, -0.1) is 0 Å². The van der Waals surface area contributed by atoms with Crippen LogP contribution >= 0.6 is 0 Å². The molecule has 1 aliphatic heterocycles. The average Bonchev–Trinajstić information content (AvgIpc) is 3.13. The number of hydroxylamine groups is 1. The van der Waals surface area contributed by atoms with Gasteiger partial charge in [0.2, 0.25) is 0 Å². The summed E-state index contributed by atoms with van der Waals surface area (Å²) < 4.78 is 6.03. The summed E-state index contributed by atoms with van der Waals surface area (Å²) >= 11 is 0. The molecule has 1 heterocycles. The van der Waals surface area contributed by atoms with Gasteiger partial charge in [0, 0.05) is 6.42 Å². The molecule has 0 amide bonds. The van der Waals surface area contributed by atoms with E-state index >= 15 is 0 Å². The van der Waals surface area contributed by atoms with Gasteiger partial charge in [0.25, 0.3) is 0 Å². The van der Waals surface area contributed by atoms with Gasteiger partial charge < -0.3 is 4.74 Å². The zero-order chi connectivity index (χ0) is 16.9. The van der Waals surface area contributed by atoms with Crippen molar-refractivity contribution >= 4 is 5.69 Å². The SMILES string of the molecule is c1ccc(CO[C@@H]2C[C@H](c3ccccc3)N(c3ccccc3)O2)cc1. The lowest BCUT2D eigenvalue weighted by atomic mass is 10.0. The van der Waals surface area contributed by atoms with Gasteiger partial charge in [-0.2, -0.15) is 0 Å². The van der Waals surface area contributed by atoms with Crippen LogP contribution in [-0.2, 0) is 16.2 Å². The normalized spacial score (nSPS) is 19.9. The quantitative estimate of drug-likeness (QED) is 0.648. The first-order valence-electron chi connectivity index (χ1n) is 8.62. The Morgan fingerprint density at radius 1 is 0.800 bits per heavy atom. The number of hydrogen-bond donors (Lipinski definition) is 0. The van der Waals surface area contributed by atoms with Crippen molar-refractivity contribution in [2.75, 3.05) is 5.06 Å². The van der Waals surface area contributed by atoms with Crippen LogP contribution in [0.2, 0.25) is 0 Å². The Morgan fingerprint density at radius 3 is 2.08 bits per heavy atom. The van der Waals surface area contributed by atoms with E-state index in [1.54, 1.807) is 0 Å². The van der Waals surface area contributed by atoms with Crippen LogP contribution in [-0.4, -0.2) is 6.29 Å². The van der Waals surface area contributed by atoms with Crippen molar-refractivity contribution in [2.24, 2.45) is 0 Å². The largest absolute Gasteiger partial charge is 0.345 e. The second-order valence-electron chi connectivity index (χ2n) is 6.16. The van der Waals surface area contributed by atoms with Gasteiger partial charge in [-0.25, -0.2) is 9.90 Å². The molecule has 3 aromatic carbocycles. The molecule has 1 saturated heterocycles. The van der Waals surface area contributed by atoms with Crippen molar-refractivity contribution in [2.45, 2.75) is 25.4 Å². The fourth-order valence-electron chi connectivity index (χ4n) is 3.15. The highest BCUT2D eigenvalue weighted by molar-refractivity contribution is 5.47. The molecule has 126 valence electrons. The minimum Gasteiger partial charge on any atom is -0.345 e. The zero-order valence-electron chi connectivity index (χ0n) is 14.0. The van der Waals surface area contributed by atoms with Crippen molar-refractivity contribution in [3.8, 4) is 0 Å². The molecule has 3 nitrogen and oxygen atoms in total. The Kier molecular flexibility index (Phi) is 4.77. The van der Waals surface area contributed by atoms with Crippen LogP contribution in [0, 0.1) is 0 Å². The van der Waals surface area contributed by atoms with Crippen molar-refractivity contribution in [1.29, 1.82) is 0 Å². The first kappa shape index (κ1) is 15.9. The number of para-hydroxylation sites is 1. The lowest BCUT2D eigenvalue weighted by Gasteiger charge is -2.24. The summed E-state index contributed by atoms with van der Waals surface area (Å²) in [6.45, 7) is 0.551. The lowest BCUT2D eigenvalue weighted by Crippen LogP contribution is -2.22. The Balaban J connectivity index is 1.52. The Morgan fingerprint density at radius 2 is 1.40 bits per heavy atom. The Bertz CT molecular complexity index is 729. The molecule has 4 rings (SSSR count). The summed E-state index contributed by atoms with van der Waals surface area (Å²) in [6.07, 6.45) is 0.539. The summed E-state index contributed by atoms with van der Waals surface area (Å²) in [5.41, 5.74) is 3.43. The van der Waals surface area contributed by atoms with Gasteiger partial charge in [-0.3, -0.25) is 0 Å². The van der Waals surface area contributed by atoms with E-state index in [0.717, 1.165) is 17.7 Å². The highest BCUT2D eigenvalue weighted by Crippen LogP contribution is 2.38. The molecule has 0 N–H and O–H groups in total. The van der Waals surface area contributed by atoms with Crippen molar-refractivity contribution in [3.63, 3.8) is 0 Å². The van der Waals surface area contributed by atoms with Crippen LogP contribution < -0.4 is 5.06 Å². The van der Waals surface area contributed by atoms with Crippen LogP contribution in [0.5, 0.6) is 0 Å². The van der Waals surface area contributed by atoms with Gasteiger partial charge in [-0.05, 0) is 23.3 Å². The number of rotatable bonds is 5. The van der Waals surface area contributed by atoms with E-state index in [4.69, 9.17) is 9.57 Å². The van der Waals surface area contributed by atoms with Gasteiger partial charge in [0.15, 0.2) is 6.29 Å². The van der Waals surface area contributed by atoms with Crippen LogP contribution in [0.4, 0.5) is 5.69 Å². The maximum absolute atomic E-state index is 6.15. The highest BCUT2D eigenvalue weighted by atomic mass is 16.8. The van der Waals surface area contributed by atoms with Crippen LogP contribution in [0.15, 0.2) is 91.0 Å². The molecular weight excluding hydrogens is 310 g/mol. The number of benzene rings is 3. The lowest BCUT2D eigenvalue weighted by molar-refractivity contribution is -0.126. The van der Waals surface area contributed by atoms with E-state index in [1.807, 2.05) is 47.5 Å². The molecule has 0 aromatic heterocycles. The number of ether oxygens (including phenoxy) is 1. The summed E-state index contributed by atoms with van der Waals surface area (Å²) in [4.78, 5) is 6.15. The molecule has 2 atom stereocenters. The fourth-order valence-corrected chi connectivity index (χ4v) is 3.15. The molecule has 0 spiro atoms. The highest BCUT2D eigenvalue weighted by Gasteiger charge is 2.35. The van der Waals surface area contributed by atoms with Crippen LogP contribution in [0.1, 0.15) is 23.6 Å². The molecule has 25 heavy (non-hydrogen) atoms. The number of nitrogens with zero attached hydrogens (tertiary/aromatic N) is 1. The van der Waals surface area contributed by atoms with E-state index in [2.05, 4.69) is 48.5 Å². The summed E-state index contributed by atoms with van der Waals surface area (Å²) in [5.74, 6) is 0. The zero-order valence-corrected chi connectivity index (χ0v) is 14.0. The van der Waals surface area contributed by atoms with E-state index in [1.165, 1.54) is 5.56 Å². The van der Waals surface area contributed by atoms with E-state index < -0.39 is 0 Å². The van der Waals surface area contributed by atoms with Gasteiger partial charge in [-0.1, -0.05) is 78.9 Å². The maximum Gasteiger partial charge on any atom is 0.186 e. The second-order valence-corrected chi connectivity index (χ2v) is 6.16. The smallest absolute Gasteiger partial charge is 0.186 e. The third-order valence-corrected chi connectivity index (χ3v) is 4.40. The standard InChI is InChI=1S/C22H21NO2/c1-4-10-18(11-5-1)17-24-22-16-21(19-12-6-2-7-13-19)23(25-22)20-14-8-3-9-15-20/h1-15,21-22H,16-17H2/t21-,22+/m1/s1. The maximum atomic E-state index is 6.15. The van der Waals surface area contributed by atoms with Gasteiger partial charge >= 0.3 is 0 Å². The molecule has 3 aromatic rings. The monoisotopic (exact) mass is 331 g/mol. The van der Waals surface area contributed by atoms with Crippen molar-refractivity contribution in [3.05, 3.63) is 102 Å². The van der Waals surface area contributed by atoms with Crippen LogP contribution in [0.25, 0.3) is 0 Å². The topological polar surface area (TPSA) is 21.7 Å². The molecular formula is C22H21NO2. The van der Waals surface area contributed by atoms with Gasteiger partial charge in [0.1, 0.15) is 0 Å². The second kappa shape index (κ2) is 7.51. The molecule has 0 unspecified atom stereocenters. The predicted molar refractivity (Wildman–Crippen MR) is 98.8 cm³/mol. The molecule has 3 heteroatoms. The van der Waals surface area contributed by atoms with Crippen molar-refractivity contribution in [1.82, 2.24) is 0 Å². The van der Waals surface area contributed by atoms with E-state index in [0.29, 0.717) is 6.61 Å². The first-order chi connectivity index (χ1) is 12.4. The summed E-state index contributed by atoms with van der Waals surface area (Å²) in [5, 5.41) is 1.98. The minimum absolute atomic E-state index is 0.143. The fraction of sp³-hybridized carbons (Fsp3) is 0.182. The third kappa shape index (κ3) is 3.73. The minimum atomic E-state index is -0.259. The molecule has 1 aliphatic rings. The van der Waals surface area contributed by atoms with Crippen LogP contribution in [0.3, 0.4) is 0 Å². The predicted octanol–water partition coefficient (Wildman–Crippen LogP) is 5.11. The molecule has 0 aliphatic carbocycles. The number of hydrogen-bond acceptors (Lipinski definition) is 3. The number of anilines is 1. The van der Waals surface area contributed by atoms with Gasteiger partial charge in [0.05, 0.1) is 18.3 Å². The molecule has 1 fully saturated rings. The van der Waals surface area contributed by atoms with E-state index in [9.17, 15) is 0 Å². The third-order valence-electron chi connectivity index (χ3n) is 4.40. The average molecular weight is 331 g/mol. The van der Waals surface area contributed by atoms with E-state index in [-0.39, 0.29) is 12.3 Å². The first-order valence-corrected chi connectivity index (χ1v) is 8.62. The molecule has 0 radical (unpaired) electrons. The summed E-state index contributed by atoms with van der Waals surface area (Å²) in [7, 11) is 0. The summed E-state index contributed by atoms with van der Waals surface area (Å²) in [6, 6.07) is 31.0. The molecule has 0 bridgehead atoms. The Hall–Kier alpha value is -2.62. The molecule has 0 saturated carbocycles.